The Balaban J connectivity index is 2.49. The summed E-state index contributed by atoms with van der Waals surface area (Å²) in [5.74, 6) is 1.42. The van der Waals surface area contributed by atoms with Crippen molar-refractivity contribution < 1.29 is 9.47 Å². The summed E-state index contributed by atoms with van der Waals surface area (Å²) in [5, 5.41) is 3.37. The Morgan fingerprint density at radius 3 is 2.63 bits per heavy atom. The van der Waals surface area contributed by atoms with Gasteiger partial charge in [-0.3, -0.25) is 4.98 Å². The van der Waals surface area contributed by atoms with E-state index in [1.54, 1.807) is 26.5 Å². The molecule has 5 nitrogen and oxygen atoms in total. The normalized spacial score (nSPS) is 11.1. The number of pyridine rings is 1. The first-order valence-electron chi connectivity index (χ1n) is 6.57. The first-order valence-corrected chi connectivity index (χ1v) is 6.57. The van der Waals surface area contributed by atoms with E-state index in [4.69, 9.17) is 9.47 Å². The molecule has 0 aliphatic rings. The first kappa shape index (κ1) is 15.7. The lowest BCUT2D eigenvalue weighted by molar-refractivity contribution is 0.272. The molecule has 0 radical (unpaired) electrons. The highest BCUT2D eigenvalue weighted by molar-refractivity contribution is 5.42. The highest BCUT2D eigenvalue weighted by Crippen LogP contribution is 2.28. The van der Waals surface area contributed by atoms with Crippen molar-refractivity contribution in [3.8, 4) is 11.5 Å². The standard InChI is InChI=1S/C14H25N3O2/c1-11(2)17(3)9-8-15-10-12-14(19-5)13(18-4)6-7-16-12/h6-7,11,15H,8-10H2,1-5H3. The van der Waals surface area contributed by atoms with Gasteiger partial charge < -0.3 is 19.7 Å². The van der Waals surface area contributed by atoms with Gasteiger partial charge in [-0.05, 0) is 20.9 Å². The SMILES string of the molecule is COc1ccnc(CNCCN(C)C(C)C)c1OC. The Labute approximate surface area is 115 Å². The summed E-state index contributed by atoms with van der Waals surface area (Å²) in [6.07, 6.45) is 1.73. The average Bonchev–Trinajstić information content (AvgIpc) is 2.42. The van der Waals surface area contributed by atoms with E-state index in [0.717, 1.165) is 18.8 Å². The predicted molar refractivity (Wildman–Crippen MR) is 76.8 cm³/mol. The predicted octanol–water partition coefficient (Wildman–Crippen LogP) is 1.53. The maximum Gasteiger partial charge on any atom is 0.183 e. The van der Waals surface area contributed by atoms with Gasteiger partial charge in [0.2, 0.25) is 0 Å². The van der Waals surface area contributed by atoms with Gasteiger partial charge in [-0.15, -0.1) is 0 Å². The van der Waals surface area contributed by atoms with Crippen LogP contribution in [0.4, 0.5) is 0 Å². The fraction of sp³-hybridized carbons (Fsp3) is 0.643. The number of rotatable bonds is 8. The number of likely N-dealkylation sites (N-methyl/N-ethyl adjacent to an activating group) is 1. The van der Waals surface area contributed by atoms with Gasteiger partial charge in [0.1, 0.15) is 0 Å². The molecule has 0 aliphatic carbocycles. The van der Waals surface area contributed by atoms with Gasteiger partial charge in [-0.1, -0.05) is 0 Å². The van der Waals surface area contributed by atoms with Gasteiger partial charge in [0.25, 0.3) is 0 Å². The summed E-state index contributed by atoms with van der Waals surface area (Å²) in [5.41, 5.74) is 0.869. The molecule has 0 aromatic carbocycles. The molecular weight excluding hydrogens is 242 g/mol. The average molecular weight is 267 g/mol. The molecule has 0 unspecified atom stereocenters. The van der Waals surface area contributed by atoms with Gasteiger partial charge in [-0.25, -0.2) is 0 Å². The van der Waals surface area contributed by atoms with Crippen LogP contribution in [0.25, 0.3) is 0 Å². The van der Waals surface area contributed by atoms with Crippen molar-refractivity contribution in [2.45, 2.75) is 26.4 Å². The summed E-state index contributed by atoms with van der Waals surface area (Å²) >= 11 is 0. The molecule has 1 rings (SSSR count). The lowest BCUT2D eigenvalue weighted by Gasteiger charge is -2.21. The molecule has 0 atom stereocenters. The zero-order valence-corrected chi connectivity index (χ0v) is 12.6. The fourth-order valence-corrected chi connectivity index (χ4v) is 1.70. The number of nitrogens with zero attached hydrogens (tertiary/aromatic N) is 2. The molecule has 0 amide bonds. The van der Waals surface area contributed by atoms with Crippen molar-refractivity contribution >= 4 is 0 Å². The summed E-state index contributed by atoms with van der Waals surface area (Å²) < 4.78 is 10.6. The summed E-state index contributed by atoms with van der Waals surface area (Å²) in [7, 11) is 5.39. The van der Waals surface area contributed by atoms with E-state index < -0.39 is 0 Å². The maximum atomic E-state index is 5.35. The van der Waals surface area contributed by atoms with Crippen LogP contribution in [0.1, 0.15) is 19.5 Å². The van der Waals surface area contributed by atoms with Crippen LogP contribution in [-0.4, -0.2) is 50.3 Å². The van der Waals surface area contributed by atoms with Gasteiger partial charge in [-0.2, -0.15) is 0 Å². The quantitative estimate of drug-likeness (QED) is 0.724. The maximum absolute atomic E-state index is 5.35. The van der Waals surface area contributed by atoms with Crippen LogP contribution >= 0.6 is 0 Å². The molecule has 5 heteroatoms. The summed E-state index contributed by atoms with van der Waals surface area (Å²) in [6.45, 7) is 6.96. The number of nitrogens with one attached hydrogen (secondary N) is 1. The number of hydrogen-bond donors (Lipinski definition) is 1. The van der Waals surface area contributed by atoms with E-state index in [1.165, 1.54) is 0 Å². The molecule has 1 N–H and O–H groups in total. The molecule has 0 bridgehead atoms. The molecule has 19 heavy (non-hydrogen) atoms. The Hall–Kier alpha value is -1.33. The monoisotopic (exact) mass is 267 g/mol. The van der Waals surface area contributed by atoms with Crippen LogP contribution < -0.4 is 14.8 Å². The van der Waals surface area contributed by atoms with Crippen molar-refractivity contribution in [1.29, 1.82) is 0 Å². The second-order valence-electron chi connectivity index (χ2n) is 4.74. The van der Waals surface area contributed by atoms with Gasteiger partial charge in [0.05, 0.1) is 19.9 Å². The fourth-order valence-electron chi connectivity index (χ4n) is 1.70. The highest BCUT2D eigenvalue weighted by Gasteiger charge is 2.10. The summed E-state index contributed by atoms with van der Waals surface area (Å²) in [4.78, 5) is 6.62. The number of methoxy groups -OCH3 is 2. The topological polar surface area (TPSA) is 46.6 Å². The number of hydrogen-bond acceptors (Lipinski definition) is 5. The van der Waals surface area contributed by atoms with E-state index in [-0.39, 0.29) is 0 Å². The molecule has 108 valence electrons. The van der Waals surface area contributed by atoms with E-state index in [9.17, 15) is 0 Å². The molecule has 1 heterocycles. The second kappa shape index (κ2) is 7.96. The number of aromatic nitrogens is 1. The van der Waals surface area contributed by atoms with Crippen molar-refractivity contribution in [2.24, 2.45) is 0 Å². The molecule has 0 saturated heterocycles. The molecular formula is C14H25N3O2. The molecule has 0 aliphatic heterocycles. The van der Waals surface area contributed by atoms with E-state index in [1.807, 2.05) is 0 Å². The van der Waals surface area contributed by atoms with Crippen LogP contribution in [0.15, 0.2) is 12.3 Å². The third-order valence-corrected chi connectivity index (χ3v) is 3.18. The van der Waals surface area contributed by atoms with Crippen LogP contribution in [-0.2, 0) is 6.54 Å². The van der Waals surface area contributed by atoms with Crippen LogP contribution in [0, 0.1) is 0 Å². The number of ether oxygens (including phenoxy) is 2. The van der Waals surface area contributed by atoms with E-state index in [0.29, 0.717) is 24.1 Å². The van der Waals surface area contributed by atoms with Crippen molar-refractivity contribution in [1.82, 2.24) is 15.2 Å². The first-order chi connectivity index (χ1) is 9.10. The van der Waals surface area contributed by atoms with Crippen LogP contribution in [0.5, 0.6) is 11.5 Å². The third-order valence-electron chi connectivity index (χ3n) is 3.18. The Bertz CT molecular complexity index is 383. The zero-order valence-electron chi connectivity index (χ0n) is 12.6. The van der Waals surface area contributed by atoms with Crippen LogP contribution in [0.2, 0.25) is 0 Å². The molecule has 0 fully saturated rings. The lowest BCUT2D eigenvalue weighted by atomic mass is 10.3. The van der Waals surface area contributed by atoms with E-state index in [2.05, 4.69) is 36.1 Å². The zero-order chi connectivity index (χ0) is 14.3. The van der Waals surface area contributed by atoms with Crippen molar-refractivity contribution in [3.05, 3.63) is 18.0 Å². The Kier molecular flexibility index (Phi) is 6.59. The van der Waals surface area contributed by atoms with Gasteiger partial charge in [0.15, 0.2) is 11.5 Å². The Morgan fingerprint density at radius 2 is 2.05 bits per heavy atom. The smallest absolute Gasteiger partial charge is 0.183 e. The highest BCUT2D eigenvalue weighted by atomic mass is 16.5. The minimum Gasteiger partial charge on any atom is -0.493 e. The second-order valence-corrected chi connectivity index (χ2v) is 4.74. The summed E-state index contributed by atoms with van der Waals surface area (Å²) in [6, 6.07) is 2.36. The lowest BCUT2D eigenvalue weighted by Crippen LogP contribution is -2.33. The minimum absolute atomic E-state index is 0.561. The van der Waals surface area contributed by atoms with E-state index >= 15 is 0 Å². The molecule has 1 aromatic heterocycles. The molecule has 0 saturated carbocycles. The minimum atomic E-state index is 0.561. The van der Waals surface area contributed by atoms with Crippen molar-refractivity contribution in [2.75, 3.05) is 34.4 Å². The van der Waals surface area contributed by atoms with Gasteiger partial charge in [0, 0.05) is 37.9 Å². The van der Waals surface area contributed by atoms with Crippen molar-refractivity contribution in [3.63, 3.8) is 0 Å². The largest absolute Gasteiger partial charge is 0.493 e. The van der Waals surface area contributed by atoms with Gasteiger partial charge >= 0.3 is 0 Å². The molecule has 0 spiro atoms. The third kappa shape index (κ3) is 4.69. The Morgan fingerprint density at radius 1 is 1.32 bits per heavy atom. The van der Waals surface area contributed by atoms with Crippen LogP contribution in [0.3, 0.4) is 0 Å². The molecule has 1 aromatic rings.